The van der Waals surface area contributed by atoms with Crippen molar-refractivity contribution >= 4 is 23.5 Å². The molecule has 5 atom stereocenters. The van der Waals surface area contributed by atoms with E-state index in [0.29, 0.717) is 57.5 Å². The maximum absolute atomic E-state index is 14.4. The van der Waals surface area contributed by atoms with Crippen molar-refractivity contribution in [1.29, 1.82) is 0 Å². The molecule has 0 aromatic heterocycles. The number of benzene rings is 2. The first-order valence-corrected chi connectivity index (χ1v) is 15.2. The van der Waals surface area contributed by atoms with Crippen LogP contribution in [0.2, 0.25) is 0 Å². The number of guanidine groups is 1. The third-order valence-corrected chi connectivity index (χ3v) is 10.8. The van der Waals surface area contributed by atoms with Gasteiger partial charge in [0.25, 0.3) is 11.8 Å². The highest BCUT2D eigenvalue weighted by Gasteiger charge is 2.57. The van der Waals surface area contributed by atoms with Crippen molar-refractivity contribution in [3.63, 3.8) is 0 Å². The number of halogens is 1. The van der Waals surface area contributed by atoms with E-state index in [-0.39, 0.29) is 18.9 Å². The quantitative estimate of drug-likeness (QED) is 0.305. The molecule has 8 nitrogen and oxygen atoms in total. The molecule has 2 bridgehead atoms. The monoisotopic (exact) mass is 575 g/mol. The van der Waals surface area contributed by atoms with E-state index in [1.807, 2.05) is 0 Å². The van der Waals surface area contributed by atoms with E-state index in [4.69, 9.17) is 10.5 Å². The number of hydrogen-bond donors (Lipinski definition) is 1. The van der Waals surface area contributed by atoms with E-state index in [1.54, 1.807) is 30.3 Å². The molecule has 224 valence electrons. The van der Waals surface area contributed by atoms with E-state index >= 15 is 0 Å². The zero-order chi connectivity index (χ0) is 29.9. The maximum Gasteiger partial charge on any atom is 0.261 e. The van der Waals surface area contributed by atoms with Crippen LogP contribution in [0, 0.1) is 29.0 Å². The van der Waals surface area contributed by atoms with Crippen molar-refractivity contribution in [1.82, 2.24) is 14.7 Å². The Hall–Kier alpha value is -3.46. The summed E-state index contributed by atoms with van der Waals surface area (Å²) in [7, 11) is 1.47. The number of amides is 2. The SMILES string of the molecule is COc1ccc(CCN2C(=O)c3ccc(N=C(N)N4CCN([C@H]5C[C@H]6C[C@H]([C@H]5C)C6(C)C)[C@@H](C)C4)cc3C2=O)c(F)c1. The second kappa shape index (κ2) is 10.7. The normalized spacial score (nSPS) is 29.0. The Balaban J connectivity index is 1.09. The zero-order valence-corrected chi connectivity index (χ0v) is 25.3. The Labute approximate surface area is 247 Å². The van der Waals surface area contributed by atoms with E-state index in [1.165, 1.54) is 30.9 Å². The fourth-order valence-electron chi connectivity index (χ4n) is 8.08. The number of piperazine rings is 1. The summed E-state index contributed by atoms with van der Waals surface area (Å²) in [5.41, 5.74) is 8.55. The largest absolute Gasteiger partial charge is 0.497 e. The molecule has 7 rings (SSSR count). The lowest BCUT2D eigenvalue weighted by Crippen LogP contribution is -2.65. The first kappa shape index (κ1) is 28.6. The lowest BCUT2D eigenvalue weighted by molar-refractivity contribution is -0.147. The van der Waals surface area contributed by atoms with Crippen molar-refractivity contribution in [2.24, 2.45) is 33.9 Å². The molecule has 2 aromatic rings. The summed E-state index contributed by atoms with van der Waals surface area (Å²) < 4.78 is 19.4. The average Bonchev–Trinajstić information content (AvgIpc) is 3.20. The van der Waals surface area contributed by atoms with E-state index in [0.717, 1.165) is 31.5 Å². The van der Waals surface area contributed by atoms with Gasteiger partial charge in [0.05, 0.1) is 23.9 Å². The number of rotatable bonds is 6. The molecule has 0 radical (unpaired) electrons. The summed E-state index contributed by atoms with van der Waals surface area (Å²) in [5.74, 6) is 1.97. The zero-order valence-electron chi connectivity index (χ0n) is 25.3. The first-order chi connectivity index (χ1) is 20.0. The van der Waals surface area contributed by atoms with Crippen LogP contribution in [0.3, 0.4) is 0 Å². The molecular formula is C33H42FN5O3. The van der Waals surface area contributed by atoms with Crippen LogP contribution in [-0.4, -0.2) is 77.8 Å². The lowest BCUT2D eigenvalue weighted by Gasteiger charge is -2.64. The number of carbonyl (C=O) groups excluding carboxylic acids is 2. The molecule has 42 heavy (non-hydrogen) atoms. The number of aliphatic imine (C=N–C) groups is 1. The lowest BCUT2D eigenvalue weighted by atomic mass is 9.44. The summed E-state index contributed by atoms with van der Waals surface area (Å²) in [6, 6.07) is 10.6. The standard InChI is InChI=1S/C33H42FN5O3/c1-19-18-37(12-13-38(19)29-15-22-14-27(20(29)2)33(22,3)4)32(35)36-23-7-9-25-26(16-23)31(41)39(30(25)40)11-10-21-6-8-24(42-5)17-28(21)34/h6-9,16-17,19-20,22,27,29H,10-15,18H2,1-5H3,(H2,35,36)/t19-,20+,22+,27+,29-/m0/s1. The van der Waals surface area contributed by atoms with Gasteiger partial charge in [0, 0.05) is 44.3 Å². The van der Waals surface area contributed by atoms with Crippen molar-refractivity contribution in [3.8, 4) is 5.75 Å². The second-order valence-corrected chi connectivity index (χ2v) is 13.2. The van der Waals surface area contributed by atoms with Crippen LogP contribution in [0.25, 0.3) is 0 Å². The number of imide groups is 1. The number of ether oxygens (including phenoxy) is 1. The van der Waals surface area contributed by atoms with Gasteiger partial charge in [0.15, 0.2) is 5.96 Å². The summed E-state index contributed by atoms with van der Waals surface area (Å²) in [5, 5.41) is 0. The maximum atomic E-state index is 14.4. The fraction of sp³-hybridized carbons (Fsp3) is 0.545. The third-order valence-electron chi connectivity index (χ3n) is 10.8. The summed E-state index contributed by atoms with van der Waals surface area (Å²) in [4.78, 5) is 36.8. The van der Waals surface area contributed by atoms with Gasteiger partial charge in [-0.05, 0) is 79.2 Å². The van der Waals surface area contributed by atoms with Crippen LogP contribution in [0.15, 0.2) is 41.4 Å². The summed E-state index contributed by atoms with van der Waals surface area (Å²) in [6.45, 7) is 12.3. The topological polar surface area (TPSA) is 91.5 Å². The van der Waals surface area contributed by atoms with Crippen LogP contribution in [-0.2, 0) is 6.42 Å². The molecule has 2 heterocycles. The first-order valence-electron chi connectivity index (χ1n) is 15.2. The highest BCUT2D eigenvalue weighted by molar-refractivity contribution is 6.21. The van der Waals surface area contributed by atoms with E-state index in [9.17, 15) is 14.0 Å². The predicted octanol–water partition coefficient (Wildman–Crippen LogP) is 4.70. The Kier molecular flexibility index (Phi) is 7.28. The van der Waals surface area contributed by atoms with Gasteiger partial charge in [-0.25, -0.2) is 9.38 Å². The van der Waals surface area contributed by atoms with Crippen LogP contribution >= 0.6 is 0 Å². The molecule has 2 amide bonds. The van der Waals surface area contributed by atoms with Gasteiger partial charge in [-0.3, -0.25) is 19.4 Å². The van der Waals surface area contributed by atoms with Gasteiger partial charge in [-0.15, -0.1) is 0 Å². The number of hydrogen-bond acceptors (Lipinski definition) is 5. The van der Waals surface area contributed by atoms with E-state index in [2.05, 4.69) is 42.5 Å². The van der Waals surface area contributed by atoms with Crippen molar-refractivity contribution in [2.75, 3.05) is 33.3 Å². The van der Waals surface area contributed by atoms with Crippen LogP contribution < -0.4 is 10.5 Å². The molecular weight excluding hydrogens is 533 g/mol. The average molecular weight is 576 g/mol. The Morgan fingerprint density at radius 3 is 2.50 bits per heavy atom. The van der Waals surface area contributed by atoms with Gasteiger partial charge in [0.2, 0.25) is 0 Å². The molecule has 2 aromatic carbocycles. The minimum absolute atomic E-state index is 0.0805. The smallest absolute Gasteiger partial charge is 0.261 e. The Morgan fingerprint density at radius 1 is 1.07 bits per heavy atom. The molecule has 4 fully saturated rings. The van der Waals surface area contributed by atoms with Crippen LogP contribution in [0.5, 0.6) is 5.75 Å². The molecule has 3 saturated carbocycles. The van der Waals surface area contributed by atoms with E-state index < -0.39 is 11.7 Å². The van der Waals surface area contributed by atoms with Crippen molar-refractivity contribution in [2.45, 2.75) is 59.0 Å². The summed E-state index contributed by atoms with van der Waals surface area (Å²) in [6.07, 6.45) is 2.88. The van der Waals surface area contributed by atoms with Gasteiger partial charge in [-0.2, -0.15) is 0 Å². The third kappa shape index (κ3) is 4.75. The molecule has 2 N–H and O–H groups in total. The number of nitrogens with two attached hydrogens (primary N) is 1. The minimum atomic E-state index is -0.429. The van der Waals surface area contributed by atoms with Gasteiger partial charge < -0.3 is 15.4 Å². The Bertz CT molecular complexity index is 1440. The highest BCUT2D eigenvalue weighted by atomic mass is 19.1. The molecule has 9 heteroatoms. The van der Waals surface area contributed by atoms with Crippen molar-refractivity contribution in [3.05, 3.63) is 58.9 Å². The Morgan fingerprint density at radius 2 is 1.83 bits per heavy atom. The number of fused-ring (bicyclic) bond motifs is 3. The highest BCUT2D eigenvalue weighted by Crippen LogP contribution is 2.62. The number of methoxy groups -OCH3 is 1. The fourth-order valence-corrected chi connectivity index (χ4v) is 8.08. The molecule has 3 aliphatic carbocycles. The van der Waals surface area contributed by atoms with Crippen molar-refractivity contribution < 1.29 is 18.7 Å². The van der Waals surface area contributed by atoms with Crippen LogP contribution in [0.1, 0.15) is 66.8 Å². The second-order valence-electron chi connectivity index (χ2n) is 13.2. The molecule has 2 aliphatic heterocycles. The van der Waals surface area contributed by atoms with Crippen LogP contribution in [0.4, 0.5) is 10.1 Å². The predicted molar refractivity (Wildman–Crippen MR) is 160 cm³/mol. The number of nitrogens with zero attached hydrogens (tertiary/aromatic N) is 4. The molecule has 0 spiro atoms. The summed E-state index contributed by atoms with van der Waals surface area (Å²) >= 11 is 0. The number of carbonyl (C=O) groups is 2. The molecule has 5 aliphatic rings. The van der Waals surface area contributed by atoms with Gasteiger partial charge >= 0.3 is 0 Å². The van der Waals surface area contributed by atoms with Gasteiger partial charge in [0.1, 0.15) is 11.6 Å². The molecule has 0 unspecified atom stereocenters. The molecule has 1 saturated heterocycles. The van der Waals surface area contributed by atoms with Gasteiger partial charge in [-0.1, -0.05) is 26.8 Å². The minimum Gasteiger partial charge on any atom is -0.497 e.